The van der Waals surface area contributed by atoms with E-state index in [1.807, 2.05) is 14.0 Å². The third kappa shape index (κ3) is 3.31. The molecule has 2 heterocycles. The van der Waals surface area contributed by atoms with Crippen molar-refractivity contribution in [2.24, 2.45) is 12.8 Å². The molecule has 6 nitrogen and oxygen atoms in total. The molecule has 140 valence electrons. The fourth-order valence-electron chi connectivity index (χ4n) is 3.64. The molecule has 0 amide bonds. The third-order valence-electron chi connectivity index (χ3n) is 5.33. The lowest BCUT2D eigenvalue weighted by Crippen LogP contribution is -2.33. The lowest BCUT2D eigenvalue weighted by Gasteiger charge is -2.31. The number of aryl methyl sites for hydroxylation is 1. The molecule has 26 heavy (non-hydrogen) atoms. The van der Waals surface area contributed by atoms with Crippen molar-refractivity contribution in [3.8, 4) is 0 Å². The van der Waals surface area contributed by atoms with Crippen LogP contribution in [0.15, 0.2) is 18.2 Å². The van der Waals surface area contributed by atoms with Crippen LogP contribution in [0.25, 0.3) is 0 Å². The number of anilines is 2. The number of halogens is 1. The van der Waals surface area contributed by atoms with Crippen molar-refractivity contribution in [2.45, 2.75) is 44.1 Å². The highest BCUT2D eigenvalue weighted by Gasteiger charge is 2.32. The molecule has 5 N–H and O–H groups in total. The van der Waals surface area contributed by atoms with E-state index < -0.39 is 5.41 Å². The number of nitrogens with one attached hydrogen (secondary N) is 1. The first-order chi connectivity index (χ1) is 12.4. The van der Waals surface area contributed by atoms with Crippen molar-refractivity contribution in [1.29, 1.82) is 0 Å². The molecule has 4 rings (SSSR count). The van der Waals surface area contributed by atoms with Gasteiger partial charge in [-0.2, -0.15) is 5.10 Å². The molecule has 2 unspecified atom stereocenters. The van der Waals surface area contributed by atoms with E-state index in [0.29, 0.717) is 18.7 Å². The zero-order valence-electron chi connectivity index (χ0n) is 15.3. The highest BCUT2D eigenvalue weighted by atomic mass is 19.1. The molecule has 1 aromatic heterocycles. The Hall–Kier alpha value is -2.41. The maximum atomic E-state index is 13.4. The quantitative estimate of drug-likeness (QED) is 0.676. The zero-order valence-corrected chi connectivity index (χ0v) is 15.3. The molecule has 0 spiro atoms. The van der Waals surface area contributed by atoms with Crippen LogP contribution in [0.5, 0.6) is 0 Å². The first kappa shape index (κ1) is 18.4. The lowest BCUT2D eigenvalue weighted by molar-refractivity contribution is -0.112. The fraction of sp³-hybridized carbons (Fsp3) is 0.474. The maximum Gasteiger partial charge on any atom is 0.146 e. The van der Waals surface area contributed by atoms with Crippen LogP contribution in [-0.4, -0.2) is 28.7 Å². The van der Waals surface area contributed by atoms with Crippen molar-refractivity contribution in [1.82, 2.24) is 9.78 Å². The topological polar surface area (TPSA) is 99.0 Å². The van der Waals surface area contributed by atoms with Crippen molar-refractivity contribution in [2.75, 3.05) is 17.6 Å². The van der Waals surface area contributed by atoms with Crippen LogP contribution in [0, 0.1) is 5.82 Å². The van der Waals surface area contributed by atoms with E-state index in [1.165, 1.54) is 11.6 Å². The summed E-state index contributed by atoms with van der Waals surface area (Å²) >= 11 is 0. The SMILES string of the molecule is CC1(C=O)CCNc2c(F)cccc21.Cn1nc2c(c1N)CCC(N)C2. The summed E-state index contributed by atoms with van der Waals surface area (Å²) in [5, 5.41) is 7.30. The normalized spacial score (nSPS) is 23.8. The molecule has 1 aliphatic heterocycles. The van der Waals surface area contributed by atoms with Gasteiger partial charge in [0.15, 0.2) is 0 Å². The van der Waals surface area contributed by atoms with Gasteiger partial charge in [0, 0.05) is 31.6 Å². The summed E-state index contributed by atoms with van der Waals surface area (Å²) in [6, 6.07) is 5.12. The number of carbonyl (C=O) groups excluding carboxylic acids is 1. The standard InChI is InChI=1S/C11H12FNO.C8H14N4/c1-11(7-14)5-6-13-10-8(11)3-2-4-9(10)12;1-12-8(10)6-3-2-5(9)4-7(6)11-12/h2-4,7,13H,5-6H2,1H3;5H,2-4,9-10H2,1H3. The summed E-state index contributed by atoms with van der Waals surface area (Å²) in [4.78, 5) is 11.0. The minimum atomic E-state index is -0.539. The highest BCUT2D eigenvalue weighted by molar-refractivity contribution is 5.75. The van der Waals surface area contributed by atoms with Gasteiger partial charge in [0.25, 0.3) is 0 Å². The molecule has 1 aromatic carbocycles. The molecule has 2 atom stereocenters. The Kier molecular flexibility index (Phi) is 5.00. The van der Waals surface area contributed by atoms with Gasteiger partial charge in [0.1, 0.15) is 17.9 Å². The molecule has 0 bridgehead atoms. The van der Waals surface area contributed by atoms with Crippen molar-refractivity contribution in [3.63, 3.8) is 0 Å². The molecule has 0 saturated heterocycles. The Morgan fingerprint density at radius 3 is 2.96 bits per heavy atom. The second-order valence-electron chi connectivity index (χ2n) is 7.31. The molecule has 0 radical (unpaired) electrons. The number of carbonyl (C=O) groups is 1. The molecule has 2 aliphatic rings. The van der Waals surface area contributed by atoms with Crippen LogP contribution in [0.3, 0.4) is 0 Å². The average molecular weight is 359 g/mol. The number of nitrogens with zero attached hydrogens (tertiary/aromatic N) is 2. The second kappa shape index (κ2) is 7.07. The van der Waals surface area contributed by atoms with Gasteiger partial charge in [-0.05, 0) is 37.8 Å². The van der Waals surface area contributed by atoms with Crippen LogP contribution in [0.1, 0.15) is 36.6 Å². The Morgan fingerprint density at radius 1 is 1.46 bits per heavy atom. The number of hydrogen-bond acceptors (Lipinski definition) is 5. The summed E-state index contributed by atoms with van der Waals surface area (Å²) in [5.41, 5.74) is 14.7. The van der Waals surface area contributed by atoms with E-state index >= 15 is 0 Å². The van der Waals surface area contributed by atoms with E-state index in [-0.39, 0.29) is 11.9 Å². The van der Waals surface area contributed by atoms with Crippen molar-refractivity contribution < 1.29 is 9.18 Å². The number of fused-ring (bicyclic) bond motifs is 2. The van der Waals surface area contributed by atoms with Gasteiger partial charge in [-0.3, -0.25) is 4.68 Å². The van der Waals surface area contributed by atoms with Crippen molar-refractivity contribution in [3.05, 3.63) is 40.8 Å². The van der Waals surface area contributed by atoms with Crippen LogP contribution in [0.2, 0.25) is 0 Å². The minimum Gasteiger partial charge on any atom is -0.384 e. The van der Waals surface area contributed by atoms with E-state index in [4.69, 9.17) is 11.5 Å². The Morgan fingerprint density at radius 2 is 2.23 bits per heavy atom. The number of aromatic nitrogens is 2. The van der Waals surface area contributed by atoms with E-state index in [0.717, 1.165) is 42.6 Å². The van der Waals surface area contributed by atoms with Gasteiger partial charge < -0.3 is 21.6 Å². The molecule has 0 saturated carbocycles. The van der Waals surface area contributed by atoms with E-state index in [9.17, 15) is 9.18 Å². The predicted molar refractivity (Wildman–Crippen MR) is 101 cm³/mol. The van der Waals surface area contributed by atoms with Crippen LogP contribution in [-0.2, 0) is 30.1 Å². The van der Waals surface area contributed by atoms with Gasteiger partial charge >= 0.3 is 0 Å². The number of nitrogen functional groups attached to an aromatic ring is 1. The van der Waals surface area contributed by atoms with Gasteiger partial charge in [-0.1, -0.05) is 12.1 Å². The number of aldehydes is 1. The van der Waals surface area contributed by atoms with Crippen LogP contribution >= 0.6 is 0 Å². The third-order valence-corrected chi connectivity index (χ3v) is 5.33. The lowest BCUT2D eigenvalue weighted by atomic mass is 9.78. The molecule has 2 aromatic rings. The number of hydrogen-bond donors (Lipinski definition) is 3. The van der Waals surface area contributed by atoms with E-state index in [2.05, 4.69) is 10.4 Å². The average Bonchev–Trinajstić information content (AvgIpc) is 2.90. The number of benzene rings is 1. The highest BCUT2D eigenvalue weighted by Crippen LogP contribution is 2.36. The first-order valence-electron chi connectivity index (χ1n) is 8.90. The number of nitrogens with two attached hydrogens (primary N) is 2. The summed E-state index contributed by atoms with van der Waals surface area (Å²) < 4.78 is 15.1. The predicted octanol–water partition coefficient (Wildman–Crippen LogP) is 1.92. The summed E-state index contributed by atoms with van der Waals surface area (Å²) in [6.07, 6.45) is 4.51. The fourth-order valence-corrected chi connectivity index (χ4v) is 3.64. The van der Waals surface area contributed by atoms with Gasteiger partial charge in [-0.15, -0.1) is 0 Å². The zero-order chi connectivity index (χ0) is 18.9. The largest absolute Gasteiger partial charge is 0.384 e. The Labute approximate surface area is 152 Å². The smallest absolute Gasteiger partial charge is 0.146 e. The second-order valence-corrected chi connectivity index (χ2v) is 7.31. The molecule has 7 heteroatoms. The maximum absolute atomic E-state index is 13.4. The van der Waals surface area contributed by atoms with Gasteiger partial charge in [0.05, 0.1) is 16.8 Å². The first-order valence-corrected chi connectivity index (χ1v) is 8.90. The monoisotopic (exact) mass is 359 g/mol. The summed E-state index contributed by atoms with van der Waals surface area (Å²) in [6.45, 7) is 2.49. The Balaban J connectivity index is 0.000000152. The molecule has 0 fully saturated rings. The number of para-hydroxylation sites is 1. The molecular weight excluding hydrogens is 333 g/mol. The van der Waals surface area contributed by atoms with Gasteiger partial charge in [-0.25, -0.2) is 4.39 Å². The Bertz CT molecular complexity index is 819. The van der Waals surface area contributed by atoms with Crippen LogP contribution < -0.4 is 16.8 Å². The van der Waals surface area contributed by atoms with Crippen molar-refractivity contribution >= 4 is 17.8 Å². The summed E-state index contributed by atoms with van der Waals surface area (Å²) in [5.74, 6) is 0.521. The summed E-state index contributed by atoms with van der Waals surface area (Å²) in [7, 11) is 1.87. The van der Waals surface area contributed by atoms with Crippen LogP contribution in [0.4, 0.5) is 15.9 Å². The molecule has 1 aliphatic carbocycles. The number of rotatable bonds is 1. The van der Waals surface area contributed by atoms with Gasteiger partial charge in [0.2, 0.25) is 0 Å². The molecular formula is C19H26FN5O. The van der Waals surface area contributed by atoms with E-state index in [1.54, 1.807) is 16.8 Å². The minimum absolute atomic E-state index is 0.270.